The van der Waals surface area contributed by atoms with Crippen molar-refractivity contribution in [3.63, 3.8) is 0 Å². The molecule has 0 saturated heterocycles. The van der Waals surface area contributed by atoms with Crippen LogP contribution in [0.15, 0.2) is 50.9 Å². The molecule has 21 heavy (non-hydrogen) atoms. The molecule has 1 N–H and O–H groups in total. The Kier molecular flexibility index (Phi) is 4.95. The molecule has 0 bridgehead atoms. The van der Waals surface area contributed by atoms with Gasteiger partial charge in [0.2, 0.25) is 0 Å². The van der Waals surface area contributed by atoms with Crippen molar-refractivity contribution < 1.29 is 9.21 Å². The third kappa shape index (κ3) is 4.33. The van der Waals surface area contributed by atoms with Crippen LogP contribution in [0.5, 0.6) is 0 Å². The number of allylic oxidation sites excluding steroid dienone is 1. The average Bonchev–Trinajstić information content (AvgIpc) is 2.79. The second kappa shape index (κ2) is 6.90. The van der Waals surface area contributed by atoms with Crippen molar-refractivity contribution in [1.29, 1.82) is 0 Å². The highest BCUT2D eigenvalue weighted by Gasteiger charge is 2.12. The zero-order valence-electron chi connectivity index (χ0n) is 11.8. The van der Waals surface area contributed by atoms with Gasteiger partial charge >= 0.3 is 0 Å². The lowest BCUT2D eigenvalue weighted by Gasteiger charge is -1.97. The van der Waals surface area contributed by atoms with Gasteiger partial charge < -0.3 is 4.42 Å². The van der Waals surface area contributed by atoms with Gasteiger partial charge in [0.05, 0.1) is 16.8 Å². The van der Waals surface area contributed by atoms with Gasteiger partial charge in [0.15, 0.2) is 0 Å². The van der Waals surface area contributed by atoms with Crippen LogP contribution >= 0.6 is 11.6 Å². The number of amides is 1. The van der Waals surface area contributed by atoms with Gasteiger partial charge in [-0.15, -0.1) is 0 Å². The van der Waals surface area contributed by atoms with Crippen LogP contribution in [0.2, 0.25) is 0 Å². The number of furan rings is 1. The summed E-state index contributed by atoms with van der Waals surface area (Å²) >= 11 is 6.02. The minimum atomic E-state index is -0.329. The monoisotopic (exact) mass is 302 g/mol. The first kappa shape index (κ1) is 15.1. The second-order valence-electron chi connectivity index (χ2n) is 4.47. The number of rotatable bonds is 4. The molecular weight excluding hydrogens is 288 g/mol. The Labute approximate surface area is 128 Å². The van der Waals surface area contributed by atoms with E-state index >= 15 is 0 Å². The minimum Gasteiger partial charge on any atom is -0.466 e. The van der Waals surface area contributed by atoms with Crippen molar-refractivity contribution in [2.24, 2.45) is 5.10 Å². The van der Waals surface area contributed by atoms with Crippen molar-refractivity contribution in [1.82, 2.24) is 5.43 Å². The average molecular weight is 303 g/mol. The molecule has 1 aromatic heterocycles. The molecule has 0 radical (unpaired) electrons. The SMILES string of the molecule is Cc1cc(C(=O)NN=C/C(Cl)=C/c2ccccc2)c(C)o1. The molecule has 1 amide bonds. The van der Waals surface area contributed by atoms with Gasteiger partial charge in [-0.3, -0.25) is 4.79 Å². The van der Waals surface area contributed by atoms with E-state index in [9.17, 15) is 4.79 Å². The van der Waals surface area contributed by atoms with Crippen molar-refractivity contribution in [2.75, 3.05) is 0 Å². The molecular formula is C16H15ClN2O2. The zero-order valence-corrected chi connectivity index (χ0v) is 12.5. The first-order chi connectivity index (χ1) is 10.1. The second-order valence-corrected chi connectivity index (χ2v) is 4.90. The number of benzene rings is 1. The summed E-state index contributed by atoms with van der Waals surface area (Å²) in [6.45, 7) is 3.51. The summed E-state index contributed by atoms with van der Waals surface area (Å²) in [5, 5.41) is 4.25. The first-order valence-electron chi connectivity index (χ1n) is 6.39. The van der Waals surface area contributed by atoms with E-state index in [4.69, 9.17) is 16.0 Å². The van der Waals surface area contributed by atoms with Crippen LogP contribution in [0.25, 0.3) is 6.08 Å². The largest absolute Gasteiger partial charge is 0.466 e. The Bertz CT molecular complexity index is 688. The predicted octanol–water partition coefficient (Wildman–Crippen LogP) is 3.89. The molecule has 5 heteroatoms. The van der Waals surface area contributed by atoms with Gasteiger partial charge in [-0.1, -0.05) is 41.9 Å². The summed E-state index contributed by atoms with van der Waals surface area (Å²) in [6.07, 6.45) is 3.14. The molecule has 1 aromatic carbocycles. The Morgan fingerprint density at radius 1 is 1.29 bits per heavy atom. The third-order valence-electron chi connectivity index (χ3n) is 2.74. The number of aryl methyl sites for hydroxylation is 2. The third-order valence-corrected chi connectivity index (χ3v) is 2.95. The number of nitrogens with zero attached hydrogens (tertiary/aromatic N) is 1. The number of hydrogen-bond donors (Lipinski definition) is 1. The van der Waals surface area contributed by atoms with E-state index < -0.39 is 0 Å². The van der Waals surface area contributed by atoms with Crippen molar-refractivity contribution in [3.8, 4) is 0 Å². The lowest BCUT2D eigenvalue weighted by Crippen LogP contribution is -2.17. The number of carbonyl (C=O) groups excluding carboxylic acids is 1. The number of carbonyl (C=O) groups is 1. The molecule has 0 aliphatic rings. The molecule has 0 spiro atoms. The molecule has 0 fully saturated rings. The van der Waals surface area contributed by atoms with Gasteiger partial charge in [-0.2, -0.15) is 5.10 Å². The van der Waals surface area contributed by atoms with Gasteiger partial charge in [-0.25, -0.2) is 5.43 Å². The normalized spacial score (nSPS) is 11.9. The fourth-order valence-corrected chi connectivity index (χ4v) is 1.99. The number of halogens is 1. The lowest BCUT2D eigenvalue weighted by atomic mass is 10.2. The molecule has 1 heterocycles. The van der Waals surface area contributed by atoms with E-state index in [0.29, 0.717) is 22.1 Å². The molecule has 2 rings (SSSR count). The highest BCUT2D eigenvalue weighted by atomic mass is 35.5. The maximum atomic E-state index is 11.9. The maximum absolute atomic E-state index is 11.9. The molecule has 0 aliphatic carbocycles. The van der Waals surface area contributed by atoms with E-state index in [2.05, 4.69) is 10.5 Å². The predicted molar refractivity (Wildman–Crippen MR) is 84.4 cm³/mol. The highest BCUT2D eigenvalue weighted by molar-refractivity contribution is 6.41. The summed E-state index contributed by atoms with van der Waals surface area (Å²) in [5.41, 5.74) is 3.84. The van der Waals surface area contributed by atoms with Gasteiger partial charge in [-0.05, 0) is 31.6 Å². The van der Waals surface area contributed by atoms with Crippen molar-refractivity contribution in [2.45, 2.75) is 13.8 Å². The zero-order chi connectivity index (χ0) is 15.2. The van der Waals surface area contributed by atoms with E-state index in [1.165, 1.54) is 6.21 Å². The summed E-state index contributed by atoms with van der Waals surface area (Å²) in [7, 11) is 0. The molecule has 108 valence electrons. The van der Waals surface area contributed by atoms with Gasteiger partial charge in [0.1, 0.15) is 11.5 Å². The standard InChI is InChI=1S/C16H15ClN2O2/c1-11-8-15(12(2)21-11)16(20)19-18-10-14(17)9-13-6-4-3-5-7-13/h3-10H,1-2H3,(H,19,20)/b14-9-,18-10?. The van der Waals surface area contributed by atoms with Crippen LogP contribution in [0, 0.1) is 13.8 Å². The minimum absolute atomic E-state index is 0.329. The molecule has 0 aliphatic heterocycles. The summed E-state index contributed by atoms with van der Waals surface area (Å²) in [5.74, 6) is 0.916. The summed E-state index contributed by atoms with van der Waals surface area (Å²) in [4.78, 5) is 11.9. The Morgan fingerprint density at radius 2 is 2.00 bits per heavy atom. The number of hydrazone groups is 1. The van der Waals surface area contributed by atoms with Crippen LogP contribution in [-0.2, 0) is 0 Å². The van der Waals surface area contributed by atoms with Crippen LogP contribution in [0.3, 0.4) is 0 Å². The summed E-state index contributed by atoms with van der Waals surface area (Å²) < 4.78 is 5.29. The highest BCUT2D eigenvalue weighted by Crippen LogP contribution is 2.13. The topological polar surface area (TPSA) is 54.6 Å². The van der Waals surface area contributed by atoms with E-state index in [0.717, 1.165) is 5.56 Å². The molecule has 0 unspecified atom stereocenters. The van der Waals surface area contributed by atoms with Crippen molar-refractivity contribution >= 4 is 29.8 Å². The number of hydrogen-bond acceptors (Lipinski definition) is 3. The maximum Gasteiger partial charge on any atom is 0.274 e. The van der Waals surface area contributed by atoms with Crippen LogP contribution in [0.4, 0.5) is 0 Å². The van der Waals surface area contributed by atoms with E-state index in [1.807, 2.05) is 30.3 Å². The molecule has 0 atom stereocenters. The van der Waals surface area contributed by atoms with Crippen molar-refractivity contribution in [3.05, 3.63) is 64.1 Å². The van der Waals surface area contributed by atoms with E-state index in [1.54, 1.807) is 26.0 Å². The van der Waals surface area contributed by atoms with Crippen LogP contribution in [-0.4, -0.2) is 12.1 Å². The molecule has 0 saturated carbocycles. The summed E-state index contributed by atoms with van der Waals surface area (Å²) in [6, 6.07) is 11.3. The number of nitrogens with one attached hydrogen (secondary N) is 1. The Balaban J connectivity index is 1.97. The lowest BCUT2D eigenvalue weighted by molar-refractivity contribution is 0.0953. The van der Waals surface area contributed by atoms with E-state index in [-0.39, 0.29) is 5.91 Å². The van der Waals surface area contributed by atoms with Gasteiger partial charge in [0, 0.05) is 0 Å². The fraction of sp³-hybridized carbons (Fsp3) is 0.125. The fourth-order valence-electron chi connectivity index (χ4n) is 1.81. The van der Waals surface area contributed by atoms with Crippen LogP contribution in [0.1, 0.15) is 27.4 Å². The quantitative estimate of drug-likeness (QED) is 0.688. The Morgan fingerprint density at radius 3 is 2.62 bits per heavy atom. The van der Waals surface area contributed by atoms with Crippen LogP contribution < -0.4 is 5.43 Å². The first-order valence-corrected chi connectivity index (χ1v) is 6.77. The van der Waals surface area contributed by atoms with Gasteiger partial charge in [0.25, 0.3) is 5.91 Å². The molecule has 2 aromatic rings. The molecule has 4 nitrogen and oxygen atoms in total. The Hall–Kier alpha value is -2.33. The smallest absolute Gasteiger partial charge is 0.274 e.